The van der Waals surface area contributed by atoms with Gasteiger partial charge in [0.25, 0.3) is 17.5 Å². The van der Waals surface area contributed by atoms with Gasteiger partial charge >= 0.3 is 0 Å². The van der Waals surface area contributed by atoms with E-state index < -0.39 is 16.7 Å². The van der Waals surface area contributed by atoms with E-state index in [0.717, 1.165) is 5.69 Å². The molecular formula is C19H13N3O4. The molecule has 1 aliphatic heterocycles. The number of pyridine rings is 1. The third kappa shape index (κ3) is 2.59. The molecule has 0 fully saturated rings. The number of imide groups is 1. The van der Waals surface area contributed by atoms with Crippen molar-refractivity contribution in [2.75, 3.05) is 0 Å². The van der Waals surface area contributed by atoms with Crippen molar-refractivity contribution in [3.63, 3.8) is 0 Å². The number of nitrogens with zero attached hydrogens (tertiary/aromatic N) is 2. The maximum atomic E-state index is 12.5. The Morgan fingerprint density at radius 3 is 2.62 bits per heavy atom. The molecule has 2 heterocycles. The fourth-order valence-corrected chi connectivity index (χ4v) is 3.30. The smallest absolute Gasteiger partial charge is 0.270 e. The Morgan fingerprint density at radius 2 is 1.88 bits per heavy atom. The van der Waals surface area contributed by atoms with Crippen molar-refractivity contribution in [1.29, 1.82) is 0 Å². The molecule has 3 aromatic rings. The molecule has 2 amide bonds. The molecule has 7 heteroatoms. The van der Waals surface area contributed by atoms with Crippen LogP contribution in [0.1, 0.15) is 32.0 Å². The van der Waals surface area contributed by atoms with Crippen molar-refractivity contribution < 1.29 is 14.5 Å². The van der Waals surface area contributed by atoms with E-state index in [1.165, 1.54) is 12.1 Å². The van der Waals surface area contributed by atoms with Gasteiger partial charge in [-0.25, -0.2) is 0 Å². The second-order valence-corrected chi connectivity index (χ2v) is 6.04. The third-order valence-electron chi connectivity index (χ3n) is 4.50. The van der Waals surface area contributed by atoms with Crippen molar-refractivity contribution >= 4 is 28.3 Å². The molecule has 0 saturated heterocycles. The molecule has 7 nitrogen and oxygen atoms in total. The number of non-ortho nitro benzene ring substituents is 1. The van der Waals surface area contributed by atoms with Gasteiger partial charge in [0.15, 0.2) is 0 Å². The van der Waals surface area contributed by atoms with Crippen LogP contribution in [0.15, 0.2) is 48.7 Å². The lowest BCUT2D eigenvalue weighted by molar-refractivity contribution is -0.384. The molecule has 128 valence electrons. The molecule has 4 rings (SSSR count). The van der Waals surface area contributed by atoms with Crippen LogP contribution < -0.4 is 5.32 Å². The minimum atomic E-state index is -0.499. The van der Waals surface area contributed by atoms with Crippen molar-refractivity contribution in [2.45, 2.75) is 12.8 Å². The molecule has 0 aliphatic carbocycles. The van der Waals surface area contributed by atoms with Crippen molar-refractivity contribution in [3.8, 4) is 0 Å². The monoisotopic (exact) mass is 347 g/mol. The number of benzene rings is 2. The molecule has 2 bridgehead atoms. The van der Waals surface area contributed by atoms with Crippen molar-refractivity contribution in [1.82, 2.24) is 10.3 Å². The number of fused-ring (bicyclic) bond motifs is 4. The van der Waals surface area contributed by atoms with Gasteiger partial charge in [-0.2, -0.15) is 0 Å². The first-order valence-corrected chi connectivity index (χ1v) is 8.04. The lowest BCUT2D eigenvalue weighted by atomic mass is 9.87. The standard InChI is InChI=1S/C19H13N3O4/c23-18-16-10-11-9-13(22(25)26)5-7-14(11)17(19(24)21-18)15(16)6-4-12-3-1-2-8-20-12/h1-3,5,7-10H,4,6H2,(H,21,23,24). The van der Waals surface area contributed by atoms with Gasteiger partial charge in [0, 0.05) is 29.6 Å². The number of aromatic nitrogens is 1. The van der Waals surface area contributed by atoms with Crippen LogP contribution in [0.25, 0.3) is 10.8 Å². The largest absolute Gasteiger partial charge is 0.288 e. The molecule has 2 aromatic carbocycles. The first-order chi connectivity index (χ1) is 12.5. The second kappa shape index (κ2) is 6.03. The van der Waals surface area contributed by atoms with Gasteiger partial charge in [-0.05, 0) is 53.4 Å². The van der Waals surface area contributed by atoms with E-state index in [0.29, 0.717) is 40.3 Å². The highest BCUT2D eigenvalue weighted by molar-refractivity contribution is 6.22. The van der Waals surface area contributed by atoms with Gasteiger partial charge in [0.05, 0.1) is 10.5 Å². The Labute approximate surface area is 147 Å². The topological polar surface area (TPSA) is 102 Å². The predicted molar refractivity (Wildman–Crippen MR) is 94.0 cm³/mol. The third-order valence-corrected chi connectivity index (χ3v) is 4.50. The molecule has 1 aliphatic rings. The van der Waals surface area contributed by atoms with E-state index in [4.69, 9.17) is 0 Å². The minimum Gasteiger partial charge on any atom is -0.288 e. The predicted octanol–water partition coefficient (Wildman–Crippen LogP) is 2.81. The Bertz CT molecular complexity index is 1080. The quantitative estimate of drug-likeness (QED) is 0.444. The van der Waals surface area contributed by atoms with Crippen LogP contribution in [0.2, 0.25) is 0 Å². The fraction of sp³-hybridized carbons (Fsp3) is 0.105. The second-order valence-electron chi connectivity index (χ2n) is 6.04. The minimum absolute atomic E-state index is 0.0796. The average Bonchev–Trinajstić information content (AvgIpc) is 2.64. The van der Waals surface area contributed by atoms with Crippen LogP contribution in [-0.4, -0.2) is 21.7 Å². The summed E-state index contributed by atoms with van der Waals surface area (Å²) in [5, 5.41) is 14.4. The average molecular weight is 347 g/mol. The molecule has 0 spiro atoms. The Balaban J connectivity index is 1.86. The van der Waals surface area contributed by atoms with Gasteiger partial charge < -0.3 is 0 Å². The summed E-state index contributed by atoms with van der Waals surface area (Å²) in [6, 6.07) is 11.5. The van der Waals surface area contributed by atoms with Gasteiger partial charge in [0.2, 0.25) is 0 Å². The SMILES string of the molecule is O=C1NC(=O)c2c(CCc3ccccn3)c1cc1cc([N+](=O)[O-])ccc21. The number of nitrogens with one attached hydrogen (secondary N) is 1. The first-order valence-electron chi connectivity index (χ1n) is 8.04. The summed E-state index contributed by atoms with van der Waals surface area (Å²) in [4.78, 5) is 39.5. The highest BCUT2D eigenvalue weighted by Gasteiger charge is 2.29. The number of hydrogen-bond donors (Lipinski definition) is 1. The van der Waals surface area contributed by atoms with E-state index >= 15 is 0 Å². The van der Waals surface area contributed by atoms with E-state index in [1.807, 2.05) is 18.2 Å². The first kappa shape index (κ1) is 15.9. The summed E-state index contributed by atoms with van der Waals surface area (Å²) in [5.41, 5.74) is 2.22. The molecule has 0 unspecified atom stereocenters. The number of rotatable bonds is 4. The Hall–Kier alpha value is -3.61. The number of carbonyl (C=O) groups excluding carboxylic acids is 2. The summed E-state index contributed by atoms with van der Waals surface area (Å²) < 4.78 is 0. The van der Waals surface area contributed by atoms with E-state index in [1.54, 1.807) is 18.3 Å². The molecule has 26 heavy (non-hydrogen) atoms. The van der Waals surface area contributed by atoms with Crippen LogP contribution in [-0.2, 0) is 12.8 Å². The summed E-state index contributed by atoms with van der Waals surface area (Å²) in [7, 11) is 0. The van der Waals surface area contributed by atoms with Crippen LogP contribution in [0.4, 0.5) is 5.69 Å². The number of hydrogen-bond acceptors (Lipinski definition) is 5. The molecule has 0 radical (unpaired) electrons. The molecule has 1 aromatic heterocycles. The Morgan fingerprint density at radius 1 is 1.04 bits per heavy atom. The maximum absolute atomic E-state index is 12.5. The number of nitro groups is 1. The van der Waals surface area contributed by atoms with Crippen LogP contribution in [0.5, 0.6) is 0 Å². The summed E-state index contributed by atoms with van der Waals surface area (Å²) >= 11 is 0. The van der Waals surface area contributed by atoms with Gasteiger partial charge in [-0.3, -0.25) is 30.0 Å². The van der Waals surface area contributed by atoms with Crippen molar-refractivity contribution in [2.24, 2.45) is 0 Å². The summed E-state index contributed by atoms with van der Waals surface area (Å²) in [5.74, 6) is -0.954. The lowest BCUT2D eigenvalue weighted by Gasteiger charge is -2.21. The molecule has 1 N–H and O–H groups in total. The highest BCUT2D eigenvalue weighted by atomic mass is 16.6. The number of nitro benzene ring substituents is 1. The zero-order valence-corrected chi connectivity index (χ0v) is 13.6. The highest BCUT2D eigenvalue weighted by Crippen LogP contribution is 2.32. The summed E-state index contributed by atoms with van der Waals surface area (Å²) in [6.45, 7) is 0. The molecule has 0 atom stereocenters. The van der Waals surface area contributed by atoms with Gasteiger partial charge in [0.1, 0.15) is 0 Å². The van der Waals surface area contributed by atoms with Crippen LogP contribution in [0, 0.1) is 10.1 Å². The van der Waals surface area contributed by atoms with Crippen LogP contribution in [0.3, 0.4) is 0 Å². The zero-order valence-electron chi connectivity index (χ0n) is 13.6. The fourth-order valence-electron chi connectivity index (χ4n) is 3.30. The molecule has 0 saturated carbocycles. The van der Waals surface area contributed by atoms with E-state index in [-0.39, 0.29) is 5.69 Å². The van der Waals surface area contributed by atoms with Gasteiger partial charge in [-0.1, -0.05) is 6.07 Å². The zero-order chi connectivity index (χ0) is 18.3. The maximum Gasteiger partial charge on any atom is 0.270 e. The van der Waals surface area contributed by atoms with Crippen molar-refractivity contribution in [3.05, 3.63) is 81.2 Å². The normalized spacial score (nSPS) is 12.9. The lowest BCUT2D eigenvalue weighted by Crippen LogP contribution is -2.37. The van der Waals surface area contributed by atoms with E-state index in [9.17, 15) is 19.7 Å². The number of aryl methyl sites for hydroxylation is 1. The Kier molecular flexibility index (Phi) is 3.69. The molecular weight excluding hydrogens is 334 g/mol. The van der Waals surface area contributed by atoms with Gasteiger partial charge in [-0.15, -0.1) is 0 Å². The number of amides is 2. The van der Waals surface area contributed by atoms with Crippen LogP contribution >= 0.6 is 0 Å². The summed E-state index contributed by atoms with van der Waals surface area (Å²) in [6.07, 6.45) is 2.76. The van der Waals surface area contributed by atoms with E-state index in [2.05, 4.69) is 10.3 Å². The number of carbonyl (C=O) groups is 2.